The second-order valence-electron chi connectivity index (χ2n) is 4.82. The molecule has 0 atom stereocenters. The molecule has 0 saturated heterocycles. The van der Waals surface area contributed by atoms with Crippen molar-refractivity contribution in [2.24, 2.45) is 0 Å². The number of carbonyl (C=O) groups excluding carboxylic acids is 2. The first-order valence-electron chi connectivity index (χ1n) is 7.12. The van der Waals surface area contributed by atoms with Crippen molar-refractivity contribution in [3.05, 3.63) is 35.0 Å². The molecule has 0 amide bonds. The molecule has 1 aromatic carbocycles. The minimum absolute atomic E-state index is 0.0414. The average molecular weight is 324 g/mol. The summed E-state index contributed by atoms with van der Waals surface area (Å²) in [5.41, 5.74) is 1.27. The van der Waals surface area contributed by atoms with Gasteiger partial charge < -0.3 is 14.0 Å². The van der Waals surface area contributed by atoms with Crippen molar-refractivity contribution in [3.63, 3.8) is 0 Å². The second-order valence-corrected chi connectivity index (χ2v) is 5.26. The maximum absolute atomic E-state index is 11.8. The van der Waals surface area contributed by atoms with E-state index in [0.29, 0.717) is 23.8 Å². The van der Waals surface area contributed by atoms with Gasteiger partial charge in [0.1, 0.15) is 13.2 Å². The number of halogens is 1. The molecule has 0 N–H and O–H groups in total. The molecule has 0 aliphatic heterocycles. The first kappa shape index (κ1) is 16.5. The van der Waals surface area contributed by atoms with Crippen LogP contribution in [0.15, 0.2) is 24.4 Å². The van der Waals surface area contributed by atoms with Crippen molar-refractivity contribution < 1.29 is 19.1 Å². The lowest BCUT2D eigenvalue weighted by Gasteiger charge is -2.07. The molecule has 5 nitrogen and oxygen atoms in total. The highest BCUT2D eigenvalue weighted by molar-refractivity contribution is 6.31. The lowest BCUT2D eigenvalue weighted by Crippen LogP contribution is -2.16. The Morgan fingerprint density at radius 3 is 2.86 bits per heavy atom. The predicted molar refractivity (Wildman–Crippen MR) is 84.4 cm³/mol. The summed E-state index contributed by atoms with van der Waals surface area (Å²) in [5.74, 6) is -0.371. The van der Waals surface area contributed by atoms with Gasteiger partial charge in [0.05, 0.1) is 6.61 Å². The Morgan fingerprint density at radius 1 is 1.32 bits per heavy atom. The molecule has 0 unspecified atom stereocenters. The maximum atomic E-state index is 11.8. The molecule has 0 bridgehead atoms. The molecule has 2 aromatic rings. The van der Waals surface area contributed by atoms with Crippen molar-refractivity contribution in [3.8, 4) is 0 Å². The summed E-state index contributed by atoms with van der Waals surface area (Å²) in [6.07, 6.45) is 3.31. The molecule has 0 aliphatic rings. The van der Waals surface area contributed by atoms with E-state index in [0.717, 1.165) is 23.6 Å². The van der Waals surface area contributed by atoms with Crippen LogP contribution in [0, 0.1) is 0 Å². The van der Waals surface area contributed by atoms with Crippen LogP contribution >= 0.6 is 11.6 Å². The normalized spacial score (nSPS) is 10.8. The van der Waals surface area contributed by atoms with Gasteiger partial charge in [-0.1, -0.05) is 18.5 Å². The molecule has 1 heterocycles. The molecule has 0 aliphatic carbocycles. The van der Waals surface area contributed by atoms with Crippen LogP contribution in [-0.2, 0) is 20.8 Å². The first-order valence-corrected chi connectivity index (χ1v) is 7.50. The number of hydrogen-bond donors (Lipinski definition) is 0. The Labute approximate surface area is 133 Å². The third-order valence-corrected chi connectivity index (χ3v) is 3.37. The van der Waals surface area contributed by atoms with Crippen LogP contribution < -0.4 is 0 Å². The van der Waals surface area contributed by atoms with Crippen molar-refractivity contribution in [2.45, 2.75) is 19.9 Å². The summed E-state index contributed by atoms with van der Waals surface area (Å²) in [7, 11) is 0. The van der Waals surface area contributed by atoms with E-state index >= 15 is 0 Å². The number of fused-ring (bicyclic) bond motifs is 1. The van der Waals surface area contributed by atoms with Crippen LogP contribution in [0.25, 0.3) is 10.9 Å². The number of rotatable bonds is 8. The lowest BCUT2D eigenvalue weighted by molar-refractivity contribution is -0.145. The topological polar surface area (TPSA) is 57.5 Å². The van der Waals surface area contributed by atoms with Crippen LogP contribution in [0.4, 0.5) is 0 Å². The average Bonchev–Trinajstić information content (AvgIpc) is 2.84. The van der Waals surface area contributed by atoms with Gasteiger partial charge in [-0.25, -0.2) is 0 Å². The molecule has 22 heavy (non-hydrogen) atoms. The van der Waals surface area contributed by atoms with E-state index in [1.807, 2.05) is 6.92 Å². The van der Waals surface area contributed by atoms with Gasteiger partial charge in [-0.3, -0.25) is 9.59 Å². The number of hydrogen-bond acceptors (Lipinski definition) is 4. The number of nitrogens with zero attached hydrogens (tertiary/aromatic N) is 1. The maximum Gasteiger partial charge on any atom is 0.326 e. The number of benzene rings is 1. The number of esters is 1. The largest absolute Gasteiger partial charge is 0.462 e. The number of aromatic nitrogens is 1. The van der Waals surface area contributed by atoms with Crippen molar-refractivity contribution in [1.82, 2.24) is 4.57 Å². The zero-order valence-corrected chi connectivity index (χ0v) is 13.1. The van der Waals surface area contributed by atoms with Gasteiger partial charge in [0.15, 0.2) is 6.29 Å². The molecule has 0 spiro atoms. The van der Waals surface area contributed by atoms with Crippen molar-refractivity contribution in [1.29, 1.82) is 0 Å². The fraction of sp³-hybridized carbons (Fsp3) is 0.375. The molecular weight excluding hydrogens is 306 g/mol. The number of ether oxygens (including phenoxy) is 2. The van der Waals surface area contributed by atoms with Gasteiger partial charge in [0.25, 0.3) is 0 Å². The minimum atomic E-state index is -0.371. The Kier molecular flexibility index (Phi) is 5.98. The fourth-order valence-electron chi connectivity index (χ4n) is 2.17. The number of carbonyl (C=O) groups is 2. The first-order chi connectivity index (χ1) is 10.7. The molecule has 0 fully saturated rings. The standard InChI is InChI=1S/C16H18ClNO4/c1-2-5-21-6-7-22-16(20)10-18-9-12(11-19)14-8-13(17)3-4-15(14)18/h3-4,8-9,11H,2,5-7,10H2,1H3. The molecule has 0 radical (unpaired) electrons. The highest BCUT2D eigenvalue weighted by atomic mass is 35.5. The Balaban J connectivity index is 2.02. The zero-order chi connectivity index (χ0) is 15.9. The fourth-order valence-corrected chi connectivity index (χ4v) is 2.34. The highest BCUT2D eigenvalue weighted by Crippen LogP contribution is 2.24. The third kappa shape index (κ3) is 4.08. The number of aldehydes is 1. The van der Waals surface area contributed by atoms with Gasteiger partial charge in [-0.05, 0) is 24.6 Å². The summed E-state index contributed by atoms with van der Waals surface area (Å²) in [6, 6.07) is 5.21. The highest BCUT2D eigenvalue weighted by Gasteiger charge is 2.12. The van der Waals surface area contributed by atoms with Gasteiger partial charge >= 0.3 is 5.97 Å². The van der Waals surface area contributed by atoms with E-state index in [2.05, 4.69) is 0 Å². The van der Waals surface area contributed by atoms with E-state index in [1.165, 1.54) is 0 Å². The van der Waals surface area contributed by atoms with Crippen LogP contribution in [0.2, 0.25) is 5.02 Å². The molecule has 118 valence electrons. The smallest absolute Gasteiger partial charge is 0.326 e. The van der Waals surface area contributed by atoms with Crippen LogP contribution in [0.3, 0.4) is 0 Å². The molecule has 2 rings (SSSR count). The molecule has 1 aromatic heterocycles. The summed E-state index contributed by atoms with van der Waals surface area (Å²) < 4.78 is 12.0. The van der Waals surface area contributed by atoms with Crippen LogP contribution in [-0.4, -0.2) is 36.6 Å². The summed E-state index contributed by atoms with van der Waals surface area (Å²) in [4.78, 5) is 23.0. The lowest BCUT2D eigenvalue weighted by atomic mass is 10.2. The SMILES string of the molecule is CCCOCCOC(=O)Cn1cc(C=O)c2cc(Cl)ccc21. The quantitative estimate of drug-likeness (QED) is 0.425. The predicted octanol–water partition coefficient (Wildman–Crippen LogP) is 3.08. The third-order valence-electron chi connectivity index (χ3n) is 3.14. The van der Waals surface area contributed by atoms with Crippen molar-refractivity contribution in [2.75, 3.05) is 19.8 Å². The van der Waals surface area contributed by atoms with Gasteiger partial charge in [-0.15, -0.1) is 0 Å². The van der Waals surface area contributed by atoms with E-state index in [1.54, 1.807) is 29.0 Å². The van der Waals surface area contributed by atoms with E-state index < -0.39 is 0 Å². The zero-order valence-electron chi connectivity index (χ0n) is 12.4. The minimum Gasteiger partial charge on any atom is -0.462 e. The van der Waals surface area contributed by atoms with E-state index in [-0.39, 0.29) is 19.1 Å². The van der Waals surface area contributed by atoms with Gasteiger partial charge in [0.2, 0.25) is 0 Å². The van der Waals surface area contributed by atoms with Gasteiger partial charge in [0, 0.05) is 34.3 Å². The Morgan fingerprint density at radius 2 is 2.14 bits per heavy atom. The van der Waals surface area contributed by atoms with Gasteiger partial charge in [-0.2, -0.15) is 0 Å². The summed E-state index contributed by atoms with van der Waals surface area (Å²) in [6.45, 7) is 3.33. The molecule has 0 saturated carbocycles. The second kappa shape index (κ2) is 7.96. The summed E-state index contributed by atoms with van der Waals surface area (Å²) >= 11 is 5.94. The Hall–Kier alpha value is -1.85. The van der Waals surface area contributed by atoms with Crippen LogP contribution in [0.1, 0.15) is 23.7 Å². The van der Waals surface area contributed by atoms with Crippen LogP contribution in [0.5, 0.6) is 0 Å². The van der Waals surface area contributed by atoms with Crippen molar-refractivity contribution >= 4 is 34.8 Å². The molecular formula is C16H18ClNO4. The van der Waals surface area contributed by atoms with E-state index in [4.69, 9.17) is 21.1 Å². The monoisotopic (exact) mass is 323 g/mol. The van der Waals surface area contributed by atoms with E-state index in [9.17, 15) is 9.59 Å². The summed E-state index contributed by atoms with van der Waals surface area (Å²) in [5, 5.41) is 1.27. The Bertz CT molecular complexity index is 665. The molecule has 6 heteroatoms.